The van der Waals surface area contributed by atoms with Crippen LogP contribution in [0, 0.1) is 0 Å². The van der Waals surface area contributed by atoms with Crippen molar-refractivity contribution in [2.45, 2.75) is 19.9 Å². The smallest absolute Gasteiger partial charge is 0.198 e. The van der Waals surface area contributed by atoms with Crippen molar-refractivity contribution in [3.05, 3.63) is 54.1 Å². The van der Waals surface area contributed by atoms with E-state index in [0.29, 0.717) is 16.6 Å². The van der Waals surface area contributed by atoms with Gasteiger partial charge < -0.3 is 0 Å². The molecule has 0 aliphatic heterocycles. The molecule has 3 rings (SSSR count). The fourth-order valence-corrected chi connectivity index (χ4v) is 2.16. The van der Waals surface area contributed by atoms with E-state index in [4.69, 9.17) is 0 Å². The highest BCUT2D eigenvalue weighted by atomic mass is 16.1. The van der Waals surface area contributed by atoms with Crippen LogP contribution in [0.5, 0.6) is 0 Å². The van der Waals surface area contributed by atoms with Crippen molar-refractivity contribution in [2.24, 2.45) is 0 Å². The molecule has 0 saturated carbocycles. The van der Waals surface area contributed by atoms with Gasteiger partial charge in [0.2, 0.25) is 0 Å². The molecule has 0 aliphatic rings. The number of carbonyl (C=O) groups is 1. The molecule has 0 aliphatic carbocycles. The molecule has 5 heteroatoms. The second-order valence-corrected chi connectivity index (χ2v) is 4.55. The molecule has 2 heterocycles. The predicted octanol–water partition coefficient (Wildman–Crippen LogP) is 2.47. The molecule has 1 aromatic carbocycles. The average Bonchev–Trinajstić information content (AvgIpc) is 2.95. The maximum absolute atomic E-state index is 12.6. The lowest BCUT2D eigenvalue weighted by Gasteiger charge is -2.02. The van der Waals surface area contributed by atoms with Crippen LogP contribution in [0.15, 0.2) is 43.0 Å². The van der Waals surface area contributed by atoms with Gasteiger partial charge in [0, 0.05) is 25.1 Å². The van der Waals surface area contributed by atoms with E-state index in [2.05, 4.69) is 22.0 Å². The zero-order valence-electron chi connectivity index (χ0n) is 11.2. The molecule has 0 radical (unpaired) electrons. The van der Waals surface area contributed by atoms with Crippen LogP contribution >= 0.6 is 0 Å². The van der Waals surface area contributed by atoms with E-state index in [9.17, 15) is 4.79 Å². The monoisotopic (exact) mass is 266 g/mol. The molecule has 0 unspecified atom stereocenters. The number of aromatic nitrogens is 4. The molecule has 5 nitrogen and oxygen atoms in total. The van der Waals surface area contributed by atoms with Crippen molar-refractivity contribution < 1.29 is 4.79 Å². The normalized spacial score (nSPS) is 10.8. The van der Waals surface area contributed by atoms with Gasteiger partial charge in [0.1, 0.15) is 0 Å². The summed E-state index contributed by atoms with van der Waals surface area (Å²) in [5, 5.41) is 4.19. The molecular formula is C15H14N4O. The van der Waals surface area contributed by atoms with Crippen LogP contribution < -0.4 is 0 Å². The summed E-state index contributed by atoms with van der Waals surface area (Å²) in [6.45, 7) is 2.88. The summed E-state index contributed by atoms with van der Waals surface area (Å²) in [5.74, 6) is -0.0709. The van der Waals surface area contributed by atoms with Gasteiger partial charge >= 0.3 is 0 Å². The Hall–Kier alpha value is -2.56. The Morgan fingerprint density at radius 3 is 2.95 bits per heavy atom. The van der Waals surface area contributed by atoms with Gasteiger partial charge in [-0.2, -0.15) is 5.10 Å². The summed E-state index contributed by atoms with van der Waals surface area (Å²) in [4.78, 5) is 21.0. The number of carbonyl (C=O) groups excluding carboxylic acids is 1. The highest BCUT2D eigenvalue weighted by Crippen LogP contribution is 2.17. The number of para-hydroxylation sites is 1. The van der Waals surface area contributed by atoms with E-state index in [1.165, 1.54) is 0 Å². The van der Waals surface area contributed by atoms with Crippen molar-refractivity contribution in [1.82, 2.24) is 19.7 Å². The van der Waals surface area contributed by atoms with E-state index >= 15 is 0 Å². The van der Waals surface area contributed by atoms with Crippen molar-refractivity contribution in [1.29, 1.82) is 0 Å². The minimum absolute atomic E-state index is 0.0709. The van der Waals surface area contributed by atoms with Gasteiger partial charge in [-0.25, -0.2) is 0 Å². The summed E-state index contributed by atoms with van der Waals surface area (Å²) in [7, 11) is 0. The molecule has 0 bridgehead atoms. The number of fused-ring (bicyclic) bond motifs is 1. The fraction of sp³-hybridized carbons (Fsp3) is 0.200. The highest BCUT2D eigenvalue weighted by molar-refractivity contribution is 6.14. The fourth-order valence-electron chi connectivity index (χ4n) is 2.16. The third kappa shape index (κ3) is 2.18. The zero-order valence-corrected chi connectivity index (χ0v) is 11.2. The first kappa shape index (κ1) is 12.5. The standard InChI is InChI=1S/C15H14N4O/c1-2-8-19-10-11(9-18-19)15(20)12-4-3-5-13-14(12)17-7-6-16-13/h3-7,9-10H,2,8H2,1H3. The summed E-state index contributed by atoms with van der Waals surface area (Å²) >= 11 is 0. The van der Waals surface area contributed by atoms with Crippen molar-refractivity contribution in [3.63, 3.8) is 0 Å². The lowest BCUT2D eigenvalue weighted by atomic mass is 10.0. The predicted molar refractivity (Wildman–Crippen MR) is 75.5 cm³/mol. The third-order valence-electron chi connectivity index (χ3n) is 3.09. The average molecular weight is 266 g/mol. The van der Waals surface area contributed by atoms with Crippen LogP contribution in [0.2, 0.25) is 0 Å². The van der Waals surface area contributed by atoms with Crippen LogP contribution in [0.4, 0.5) is 0 Å². The van der Waals surface area contributed by atoms with Crippen LogP contribution in [-0.2, 0) is 6.54 Å². The van der Waals surface area contributed by atoms with E-state index in [-0.39, 0.29) is 5.78 Å². The topological polar surface area (TPSA) is 60.7 Å². The molecule has 0 spiro atoms. The first-order chi connectivity index (χ1) is 9.79. The number of rotatable bonds is 4. The van der Waals surface area contributed by atoms with Gasteiger partial charge in [0.25, 0.3) is 0 Å². The number of hydrogen-bond acceptors (Lipinski definition) is 4. The second-order valence-electron chi connectivity index (χ2n) is 4.55. The SMILES string of the molecule is CCCn1cc(C(=O)c2cccc3nccnc23)cn1. The second kappa shape index (κ2) is 5.21. The van der Waals surface area contributed by atoms with Crippen molar-refractivity contribution in [3.8, 4) is 0 Å². The van der Waals surface area contributed by atoms with E-state index < -0.39 is 0 Å². The number of nitrogens with zero attached hydrogens (tertiary/aromatic N) is 4. The number of ketones is 1. The molecule has 20 heavy (non-hydrogen) atoms. The summed E-state index contributed by atoms with van der Waals surface area (Å²) in [5.41, 5.74) is 2.49. The largest absolute Gasteiger partial charge is 0.288 e. The van der Waals surface area contributed by atoms with Crippen LogP contribution in [0.3, 0.4) is 0 Å². The molecule has 2 aromatic heterocycles. The third-order valence-corrected chi connectivity index (χ3v) is 3.09. The number of aryl methyl sites for hydroxylation is 1. The first-order valence-corrected chi connectivity index (χ1v) is 6.56. The summed E-state index contributed by atoms with van der Waals surface area (Å²) in [6, 6.07) is 5.44. The van der Waals surface area contributed by atoms with Crippen molar-refractivity contribution >= 4 is 16.8 Å². The van der Waals surface area contributed by atoms with E-state index in [1.807, 2.05) is 12.1 Å². The summed E-state index contributed by atoms with van der Waals surface area (Å²) in [6.07, 6.45) is 7.58. The molecule has 0 saturated heterocycles. The van der Waals surface area contributed by atoms with Crippen LogP contribution in [-0.4, -0.2) is 25.5 Å². The minimum atomic E-state index is -0.0709. The highest BCUT2D eigenvalue weighted by Gasteiger charge is 2.15. The Labute approximate surface area is 116 Å². The lowest BCUT2D eigenvalue weighted by molar-refractivity contribution is 0.104. The molecule has 0 N–H and O–H groups in total. The van der Waals surface area contributed by atoms with Gasteiger partial charge in [0.05, 0.1) is 28.4 Å². The van der Waals surface area contributed by atoms with Gasteiger partial charge in [-0.1, -0.05) is 13.0 Å². The Kier molecular flexibility index (Phi) is 3.25. The molecule has 0 atom stereocenters. The Balaban J connectivity index is 2.03. The van der Waals surface area contributed by atoms with E-state index in [1.54, 1.807) is 35.5 Å². The van der Waals surface area contributed by atoms with Crippen LogP contribution in [0.1, 0.15) is 29.3 Å². The maximum Gasteiger partial charge on any atom is 0.198 e. The zero-order chi connectivity index (χ0) is 13.9. The molecule has 3 aromatic rings. The lowest BCUT2D eigenvalue weighted by Crippen LogP contribution is -2.03. The molecule has 0 fully saturated rings. The van der Waals surface area contributed by atoms with Crippen LogP contribution in [0.25, 0.3) is 11.0 Å². The first-order valence-electron chi connectivity index (χ1n) is 6.56. The van der Waals surface area contributed by atoms with Crippen molar-refractivity contribution in [2.75, 3.05) is 0 Å². The minimum Gasteiger partial charge on any atom is -0.288 e. The number of benzene rings is 1. The summed E-state index contributed by atoms with van der Waals surface area (Å²) < 4.78 is 1.78. The molecule has 0 amide bonds. The molecular weight excluding hydrogens is 252 g/mol. The van der Waals surface area contributed by atoms with Gasteiger partial charge in [-0.15, -0.1) is 0 Å². The Bertz CT molecular complexity index is 758. The maximum atomic E-state index is 12.6. The Morgan fingerprint density at radius 2 is 2.10 bits per heavy atom. The van der Waals surface area contributed by atoms with E-state index in [0.717, 1.165) is 18.5 Å². The quantitative estimate of drug-likeness (QED) is 0.681. The number of hydrogen-bond donors (Lipinski definition) is 0. The van der Waals surface area contributed by atoms with Gasteiger partial charge in [-0.3, -0.25) is 19.4 Å². The molecule has 100 valence electrons. The van der Waals surface area contributed by atoms with Gasteiger partial charge in [-0.05, 0) is 18.6 Å². The van der Waals surface area contributed by atoms with Gasteiger partial charge in [0.15, 0.2) is 5.78 Å². The Morgan fingerprint density at radius 1 is 1.25 bits per heavy atom.